The minimum absolute atomic E-state index is 0.00968. The van der Waals surface area contributed by atoms with Crippen molar-refractivity contribution < 1.29 is 9.90 Å². The first-order chi connectivity index (χ1) is 8.58. The first-order valence-electron chi connectivity index (χ1n) is 6.58. The van der Waals surface area contributed by atoms with Crippen molar-refractivity contribution in [2.45, 2.75) is 31.3 Å². The number of amides is 1. The number of nitrogens with zero attached hydrogens (tertiary/aromatic N) is 3. The number of likely N-dealkylation sites (tertiary alicyclic amines) is 1. The lowest BCUT2D eigenvalue weighted by Gasteiger charge is -2.35. The lowest BCUT2D eigenvalue weighted by molar-refractivity contribution is 0.0279. The van der Waals surface area contributed by atoms with Gasteiger partial charge in [0.15, 0.2) is 0 Å². The number of imidazole rings is 1. The summed E-state index contributed by atoms with van der Waals surface area (Å²) in [6.45, 7) is 1.45. The average Bonchev–Trinajstić information content (AvgIpc) is 2.98. The van der Waals surface area contributed by atoms with E-state index in [0.717, 1.165) is 32.2 Å². The number of aliphatic hydroxyl groups is 1. The summed E-state index contributed by atoms with van der Waals surface area (Å²) in [5.74, 6) is 0.239. The van der Waals surface area contributed by atoms with E-state index in [1.807, 2.05) is 11.9 Å². The highest BCUT2D eigenvalue weighted by Crippen LogP contribution is 2.45. The first kappa shape index (κ1) is 11.7. The van der Waals surface area contributed by atoms with E-state index in [2.05, 4.69) is 4.98 Å². The molecule has 1 unspecified atom stereocenters. The van der Waals surface area contributed by atoms with Crippen molar-refractivity contribution in [1.29, 1.82) is 0 Å². The molecule has 1 atom stereocenters. The minimum atomic E-state index is -0.483. The van der Waals surface area contributed by atoms with Gasteiger partial charge in [-0.05, 0) is 25.7 Å². The summed E-state index contributed by atoms with van der Waals surface area (Å²) in [6, 6.07) is 0. The Hall–Kier alpha value is -1.36. The zero-order chi connectivity index (χ0) is 12.8. The van der Waals surface area contributed by atoms with Gasteiger partial charge in [0.1, 0.15) is 5.69 Å². The Balaban J connectivity index is 1.70. The number of carbonyl (C=O) groups excluding carboxylic acids is 1. The van der Waals surface area contributed by atoms with Gasteiger partial charge < -0.3 is 14.6 Å². The van der Waals surface area contributed by atoms with Crippen LogP contribution in [0.4, 0.5) is 0 Å². The molecular weight excluding hydrogens is 230 g/mol. The average molecular weight is 249 g/mol. The van der Waals surface area contributed by atoms with Gasteiger partial charge in [0, 0.05) is 32.3 Å². The van der Waals surface area contributed by atoms with Crippen LogP contribution in [0.3, 0.4) is 0 Å². The van der Waals surface area contributed by atoms with Crippen molar-refractivity contribution in [3.05, 3.63) is 18.2 Å². The molecule has 3 rings (SSSR count). The predicted molar refractivity (Wildman–Crippen MR) is 66.0 cm³/mol. The van der Waals surface area contributed by atoms with E-state index in [1.165, 1.54) is 0 Å². The molecular formula is C13H19N3O2. The largest absolute Gasteiger partial charge is 0.390 e. The van der Waals surface area contributed by atoms with E-state index in [0.29, 0.717) is 12.2 Å². The Morgan fingerprint density at radius 1 is 1.56 bits per heavy atom. The summed E-state index contributed by atoms with van der Waals surface area (Å²) in [6.07, 6.45) is 7.18. The van der Waals surface area contributed by atoms with Crippen molar-refractivity contribution in [3.63, 3.8) is 0 Å². The van der Waals surface area contributed by atoms with Crippen LogP contribution >= 0.6 is 0 Å². The third-order valence-corrected chi connectivity index (χ3v) is 4.15. The first-order valence-corrected chi connectivity index (χ1v) is 6.58. The van der Waals surface area contributed by atoms with E-state index >= 15 is 0 Å². The van der Waals surface area contributed by atoms with Crippen molar-refractivity contribution >= 4 is 5.91 Å². The van der Waals surface area contributed by atoms with E-state index < -0.39 is 5.60 Å². The van der Waals surface area contributed by atoms with Crippen molar-refractivity contribution in [1.82, 2.24) is 14.5 Å². The van der Waals surface area contributed by atoms with Crippen LogP contribution in [0.25, 0.3) is 0 Å². The quantitative estimate of drug-likeness (QED) is 0.843. The van der Waals surface area contributed by atoms with Crippen LogP contribution in [-0.2, 0) is 7.05 Å². The summed E-state index contributed by atoms with van der Waals surface area (Å²) in [7, 11) is 1.86. The number of rotatable bonds is 2. The number of hydrogen-bond acceptors (Lipinski definition) is 3. The van der Waals surface area contributed by atoms with Gasteiger partial charge in [-0.3, -0.25) is 4.79 Å². The van der Waals surface area contributed by atoms with Crippen molar-refractivity contribution in [3.8, 4) is 0 Å². The Morgan fingerprint density at radius 2 is 2.33 bits per heavy atom. The molecule has 0 bridgehead atoms. The molecule has 1 aliphatic carbocycles. The minimum Gasteiger partial charge on any atom is -0.390 e. The third kappa shape index (κ3) is 2.03. The molecule has 98 valence electrons. The second-order valence-electron chi connectivity index (χ2n) is 5.62. The summed E-state index contributed by atoms with van der Waals surface area (Å²) in [4.78, 5) is 18.2. The molecule has 1 amide bonds. The Morgan fingerprint density at radius 3 is 2.94 bits per heavy atom. The molecule has 1 aromatic heterocycles. The molecule has 2 fully saturated rings. The molecule has 18 heavy (non-hydrogen) atoms. The zero-order valence-electron chi connectivity index (χ0n) is 10.7. The summed E-state index contributed by atoms with van der Waals surface area (Å²) >= 11 is 0. The van der Waals surface area contributed by atoms with Crippen LogP contribution in [0.15, 0.2) is 12.5 Å². The zero-order valence-corrected chi connectivity index (χ0v) is 10.7. The van der Waals surface area contributed by atoms with Gasteiger partial charge in [-0.2, -0.15) is 0 Å². The summed E-state index contributed by atoms with van der Waals surface area (Å²) in [5, 5.41) is 10.2. The maximum Gasteiger partial charge on any atom is 0.274 e. The van der Waals surface area contributed by atoms with Crippen LogP contribution in [0.1, 0.15) is 36.2 Å². The second-order valence-corrected chi connectivity index (χ2v) is 5.62. The van der Waals surface area contributed by atoms with Gasteiger partial charge in [-0.1, -0.05) is 0 Å². The van der Waals surface area contributed by atoms with Crippen molar-refractivity contribution in [2.75, 3.05) is 13.1 Å². The molecule has 2 heterocycles. The molecule has 5 nitrogen and oxygen atoms in total. The van der Waals surface area contributed by atoms with E-state index in [1.54, 1.807) is 17.1 Å². The van der Waals surface area contributed by atoms with E-state index in [-0.39, 0.29) is 11.8 Å². The number of piperidine rings is 1. The van der Waals surface area contributed by atoms with Gasteiger partial charge in [-0.15, -0.1) is 0 Å². The van der Waals surface area contributed by atoms with Crippen LogP contribution in [0.2, 0.25) is 0 Å². The highest BCUT2D eigenvalue weighted by molar-refractivity contribution is 5.92. The maximum atomic E-state index is 12.3. The van der Waals surface area contributed by atoms with E-state index in [9.17, 15) is 9.90 Å². The van der Waals surface area contributed by atoms with Crippen LogP contribution in [0, 0.1) is 5.92 Å². The van der Waals surface area contributed by atoms with Crippen LogP contribution in [0.5, 0.6) is 0 Å². The Labute approximate surface area is 106 Å². The lowest BCUT2D eigenvalue weighted by Crippen LogP contribution is -2.44. The van der Waals surface area contributed by atoms with Gasteiger partial charge in [0.25, 0.3) is 5.91 Å². The summed E-state index contributed by atoms with van der Waals surface area (Å²) in [5.41, 5.74) is 0.0178. The van der Waals surface area contributed by atoms with E-state index in [4.69, 9.17) is 0 Å². The molecule has 0 aromatic carbocycles. The molecule has 1 saturated heterocycles. The highest BCUT2D eigenvalue weighted by atomic mass is 16.3. The molecule has 1 saturated carbocycles. The molecule has 0 spiro atoms. The number of hydrogen-bond donors (Lipinski definition) is 1. The normalized spacial score (nSPS) is 26.1. The second kappa shape index (κ2) is 4.09. The fourth-order valence-electron chi connectivity index (χ4n) is 2.82. The fraction of sp³-hybridized carbons (Fsp3) is 0.692. The highest BCUT2D eigenvalue weighted by Gasteiger charge is 2.49. The Bertz CT molecular complexity index is 465. The number of aryl methyl sites for hydroxylation is 1. The van der Waals surface area contributed by atoms with Crippen LogP contribution in [-0.4, -0.2) is 44.2 Å². The van der Waals surface area contributed by atoms with Gasteiger partial charge in [0.2, 0.25) is 0 Å². The number of aromatic nitrogens is 2. The van der Waals surface area contributed by atoms with Gasteiger partial charge >= 0.3 is 0 Å². The molecule has 1 aromatic rings. The third-order valence-electron chi connectivity index (χ3n) is 4.15. The van der Waals surface area contributed by atoms with Crippen LogP contribution < -0.4 is 0 Å². The maximum absolute atomic E-state index is 12.3. The monoisotopic (exact) mass is 249 g/mol. The van der Waals surface area contributed by atoms with Gasteiger partial charge in [-0.25, -0.2) is 4.98 Å². The molecule has 2 aliphatic rings. The predicted octanol–water partition coefficient (Wildman–Crippen LogP) is 0.797. The Kier molecular flexibility index (Phi) is 2.66. The molecule has 5 heteroatoms. The fourth-order valence-corrected chi connectivity index (χ4v) is 2.82. The molecule has 1 N–H and O–H groups in total. The SMILES string of the molecule is Cn1cnc(C(=O)N2CCCC(C3(O)CC3)C2)c1. The summed E-state index contributed by atoms with van der Waals surface area (Å²) < 4.78 is 1.78. The standard InChI is InChI=1S/C13H19N3O2/c1-15-8-11(14-9-15)12(17)16-6-2-3-10(7-16)13(18)4-5-13/h8-10,18H,2-7H2,1H3. The molecule has 0 radical (unpaired) electrons. The topological polar surface area (TPSA) is 58.4 Å². The number of carbonyl (C=O) groups is 1. The van der Waals surface area contributed by atoms with Crippen molar-refractivity contribution in [2.24, 2.45) is 13.0 Å². The molecule has 1 aliphatic heterocycles. The van der Waals surface area contributed by atoms with Gasteiger partial charge in [0.05, 0.1) is 11.9 Å². The lowest BCUT2D eigenvalue weighted by atomic mass is 9.90. The smallest absolute Gasteiger partial charge is 0.274 e.